The molecule has 0 bridgehead atoms. The number of halogens is 3. The molecule has 0 aliphatic carbocycles. The Morgan fingerprint density at radius 3 is 2.52 bits per heavy atom. The summed E-state index contributed by atoms with van der Waals surface area (Å²) in [6.45, 7) is 5.43. The number of aliphatic hydroxyl groups is 1. The maximum absolute atomic E-state index is 12.8. The van der Waals surface area contributed by atoms with E-state index in [1.807, 2.05) is 18.4 Å². The van der Waals surface area contributed by atoms with Gasteiger partial charge in [-0.1, -0.05) is 23.9 Å². The molecule has 1 unspecified atom stereocenters. The third-order valence-electron chi connectivity index (χ3n) is 3.39. The summed E-state index contributed by atoms with van der Waals surface area (Å²) in [5, 5.41) is 19.0. The van der Waals surface area contributed by atoms with Crippen LogP contribution in [0.15, 0.2) is 35.7 Å². The first-order chi connectivity index (χ1) is 10.6. The molecular formula is C15H18F3N3OS. The van der Waals surface area contributed by atoms with Gasteiger partial charge in [0.05, 0.1) is 11.2 Å². The van der Waals surface area contributed by atoms with E-state index in [1.54, 1.807) is 6.33 Å². The van der Waals surface area contributed by atoms with E-state index in [-0.39, 0.29) is 17.4 Å². The van der Waals surface area contributed by atoms with E-state index in [0.29, 0.717) is 5.16 Å². The van der Waals surface area contributed by atoms with Gasteiger partial charge in [0.15, 0.2) is 5.16 Å². The number of rotatable bonds is 5. The van der Waals surface area contributed by atoms with Crippen LogP contribution in [0.3, 0.4) is 0 Å². The summed E-state index contributed by atoms with van der Waals surface area (Å²) >= 11 is 1.26. The van der Waals surface area contributed by atoms with E-state index in [4.69, 9.17) is 0 Å². The predicted molar refractivity (Wildman–Crippen MR) is 82.1 cm³/mol. The number of aromatic nitrogens is 3. The molecule has 2 rings (SSSR count). The summed E-state index contributed by atoms with van der Waals surface area (Å²) < 4.78 is 40.2. The van der Waals surface area contributed by atoms with E-state index in [0.717, 1.165) is 12.1 Å². The molecule has 4 nitrogen and oxygen atoms in total. The van der Waals surface area contributed by atoms with Crippen LogP contribution >= 0.6 is 11.8 Å². The van der Waals surface area contributed by atoms with Gasteiger partial charge < -0.3 is 9.67 Å². The van der Waals surface area contributed by atoms with Crippen molar-refractivity contribution in [3.63, 3.8) is 0 Å². The van der Waals surface area contributed by atoms with Crippen LogP contribution in [-0.4, -0.2) is 25.6 Å². The smallest absolute Gasteiger partial charge is 0.385 e. The van der Waals surface area contributed by atoms with Gasteiger partial charge in [-0.3, -0.25) is 0 Å². The normalized spacial score (nSPS) is 15.0. The van der Waals surface area contributed by atoms with Crippen LogP contribution in [-0.2, 0) is 11.8 Å². The zero-order chi connectivity index (χ0) is 17.3. The molecule has 1 aromatic heterocycles. The number of thioether (sulfide) groups is 1. The van der Waals surface area contributed by atoms with Crippen LogP contribution in [0, 0.1) is 0 Å². The molecule has 23 heavy (non-hydrogen) atoms. The molecule has 126 valence electrons. The van der Waals surface area contributed by atoms with Crippen molar-refractivity contribution in [1.29, 1.82) is 0 Å². The van der Waals surface area contributed by atoms with Crippen molar-refractivity contribution in [2.24, 2.45) is 0 Å². The second kappa shape index (κ2) is 6.52. The monoisotopic (exact) mass is 345 g/mol. The van der Waals surface area contributed by atoms with Crippen molar-refractivity contribution >= 4 is 11.8 Å². The Morgan fingerprint density at radius 1 is 1.26 bits per heavy atom. The maximum atomic E-state index is 12.8. The van der Waals surface area contributed by atoms with Crippen LogP contribution in [0.1, 0.15) is 37.9 Å². The van der Waals surface area contributed by atoms with Gasteiger partial charge >= 0.3 is 6.18 Å². The molecule has 2 aromatic rings. The molecular weight excluding hydrogens is 327 g/mol. The molecule has 0 aliphatic heterocycles. The highest BCUT2D eigenvalue weighted by Gasteiger charge is 2.33. The van der Waals surface area contributed by atoms with Gasteiger partial charge in [-0.15, -0.1) is 10.2 Å². The number of nitrogens with zero attached hydrogens (tertiary/aromatic N) is 3. The minimum Gasteiger partial charge on any atom is -0.385 e. The minimum atomic E-state index is -4.43. The van der Waals surface area contributed by atoms with Crippen LogP contribution in [0.25, 0.3) is 0 Å². The van der Waals surface area contributed by atoms with E-state index >= 15 is 0 Å². The van der Waals surface area contributed by atoms with Crippen LogP contribution in [0.4, 0.5) is 13.2 Å². The molecule has 0 amide bonds. The van der Waals surface area contributed by atoms with Crippen molar-refractivity contribution in [3.8, 4) is 0 Å². The molecule has 0 saturated carbocycles. The highest BCUT2D eigenvalue weighted by molar-refractivity contribution is 7.99. The summed E-state index contributed by atoms with van der Waals surface area (Å²) in [6, 6.07) is 4.92. The van der Waals surface area contributed by atoms with E-state index in [9.17, 15) is 18.3 Å². The molecule has 0 spiro atoms. The zero-order valence-corrected chi connectivity index (χ0v) is 13.8. The van der Waals surface area contributed by atoms with Crippen LogP contribution in [0.2, 0.25) is 0 Å². The second-order valence-corrected chi connectivity index (χ2v) is 6.70. The Morgan fingerprint density at radius 2 is 1.91 bits per heavy atom. The summed E-state index contributed by atoms with van der Waals surface area (Å²) in [4.78, 5) is 0. The summed E-state index contributed by atoms with van der Waals surface area (Å²) in [7, 11) is 0. The van der Waals surface area contributed by atoms with Crippen LogP contribution in [0.5, 0.6) is 0 Å². The standard InChI is InChI=1S/C15H18F3N3OS/c1-10(2)21-9-19-20-13(21)23-8-14(3,22)11-5-4-6-12(7-11)15(16,17)18/h4-7,9-10,22H,8H2,1-3H3. The first-order valence-electron chi connectivity index (χ1n) is 7.03. The first kappa shape index (κ1) is 17.8. The van der Waals surface area contributed by atoms with E-state index in [2.05, 4.69) is 10.2 Å². The van der Waals surface area contributed by atoms with Crippen molar-refractivity contribution in [2.75, 3.05) is 5.75 Å². The second-order valence-electron chi connectivity index (χ2n) is 5.76. The van der Waals surface area contributed by atoms with Gasteiger partial charge in [-0.25, -0.2) is 0 Å². The van der Waals surface area contributed by atoms with Crippen molar-refractivity contribution in [3.05, 3.63) is 41.7 Å². The number of benzene rings is 1. The lowest BCUT2D eigenvalue weighted by Crippen LogP contribution is -2.25. The number of alkyl halides is 3. The number of hydrogen-bond acceptors (Lipinski definition) is 4. The molecule has 0 fully saturated rings. The molecule has 0 radical (unpaired) electrons. The molecule has 1 N–H and O–H groups in total. The lowest BCUT2D eigenvalue weighted by molar-refractivity contribution is -0.137. The van der Waals surface area contributed by atoms with Gasteiger partial charge in [0.2, 0.25) is 0 Å². The Hall–Kier alpha value is -1.54. The Kier molecular flexibility index (Phi) is 5.05. The number of hydrogen-bond donors (Lipinski definition) is 1. The third kappa shape index (κ3) is 4.26. The van der Waals surface area contributed by atoms with Gasteiger partial charge in [0.25, 0.3) is 0 Å². The van der Waals surface area contributed by atoms with Gasteiger partial charge in [-0.05, 0) is 38.5 Å². The summed E-state index contributed by atoms with van der Waals surface area (Å²) in [5.41, 5.74) is -1.97. The quantitative estimate of drug-likeness (QED) is 0.836. The van der Waals surface area contributed by atoms with E-state index in [1.165, 1.54) is 30.8 Å². The molecule has 8 heteroatoms. The predicted octanol–water partition coefficient (Wildman–Crippen LogP) is 3.88. The van der Waals surface area contributed by atoms with E-state index < -0.39 is 17.3 Å². The Balaban J connectivity index is 2.17. The topological polar surface area (TPSA) is 50.9 Å². The molecule has 1 heterocycles. The largest absolute Gasteiger partial charge is 0.416 e. The van der Waals surface area contributed by atoms with Crippen LogP contribution < -0.4 is 0 Å². The van der Waals surface area contributed by atoms with Crippen molar-refractivity contribution < 1.29 is 18.3 Å². The molecule has 1 aromatic carbocycles. The lowest BCUT2D eigenvalue weighted by Gasteiger charge is -2.24. The summed E-state index contributed by atoms with van der Waals surface area (Å²) in [6.07, 6.45) is -2.84. The highest BCUT2D eigenvalue weighted by Crippen LogP contribution is 2.34. The van der Waals surface area contributed by atoms with Gasteiger partial charge in [0.1, 0.15) is 6.33 Å². The Labute approximate surface area is 136 Å². The fourth-order valence-corrected chi connectivity index (χ4v) is 3.10. The highest BCUT2D eigenvalue weighted by atomic mass is 32.2. The summed E-state index contributed by atoms with van der Waals surface area (Å²) in [5.74, 6) is 0.166. The SMILES string of the molecule is CC(C)n1cnnc1SCC(C)(O)c1cccc(C(F)(F)F)c1. The van der Waals surface area contributed by atoms with Gasteiger partial charge in [0, 0.05) is 11.8 Å². The molecule has 1 atom stereocenters. The Bertz CT molecular complexity index is 668. The fraction of sp³-hybridized carbons (Fsp3) is 0.467. The first-order valence-corrected chi connectivity index (χ1v) is 8.02. The zero-order valence-electron chi connectivity index (χ0n) is 13.0. The lowest BCUT2D eigenvalue weighted by atomic mass is 9.96. The third-order valence-corrected chi connectivity index (χ3v) is 4.65. The average Bonchev–Trinajstić information content (AvgIpc) is 2.93. The fourth-order valence-electron chi connectivity index (χ4n) is 2.01. The molecule has 0 saturated heterocycles. The maximum Gasteiger partial charge on any atom is 0.416 e. The average molecular weight is 345 g/mol. The van der Waals surface area contributed by atoms with Crippen molar-refractivity contribution in [2.45, 2.75) is 43.7 Å². The van der Waals surface area contributed by atoms with Crippen molar-refractivity contribution in [1.82, 2.24) is 14.8 Å². The van der Waals surface area contributed by atoms with Gasteiger partial charge in [-0.2, -0.15) is 13.2 Å². The minimum absolute atomic E-state index is 0.158. The molecule has 0 aliphatic rings.